The summed E-state index contributed by atoms with van der Waals surface area (Å²) in [5.74, 6) is 0.0209. The van der Waals surface area contributed by atoms with Crippen molar-refractivity contribution in [1.29, 1.82) is 0 Å². The van der Waals surface area contributed by atoms with Crippen molar-refractivity contribution in [2.45, 2.75) is 25.8 Å². The van der Waals surface area contributed by atoms with Crippen molar-refractivity contribution in [2.75, 3.05) is 25.0 Å². The number of nitrogens with zero attached hydrogens (tertiary/aromatic N) is 2. The molecule has 1 aliphatic rings. The number of nitrogens with one attached hydrogen (secondary N) is 1. The molecular weight excluding hydrogens is 285 g/mol. The third-order valence-corrected chi connectivity index (χ3v) is 3.36. The van der Waals surface area contributed by atoms with Crippen LogP contribution in [0.15, 0.2) is 16.7 Å². The number of hydrogen-bond acceptors (Lipinski definition) is 3. The predicted octanol–water partition coefficient (Wildman–Crippen LogP) is 2.88. The normalized spacial score (nSPS) is 18.3. The molecule has 0 aromatic carbocycles. The van der Waals surface area contributed by atoms with Gasteiger partial charge >= 0.3 is 0 Å². The van der Waals surface area contributed by atoms with Crippen molar-refractivity contribution in [3.05, 3.63) is 22.6 Å². The Balaban J connectivity index is 1.90. The number of likely N-dealkylation sites (tertiary alicyclic amines) is 1. The van der Waals surface area contributed by atoms with Crippen LogP contribution in [0.25, 0.3) is 0 Å². The van der Waals surface area contributed by atoms with Crippen LogP contribution in [-0.2, 0) is 0 Å². The van der Waals surface area contributed by atoms with Crippen LogP contribution in [0.1, 0.15) is 19.8 Å². The van der Waals surface area contributed by atoms with Crippen LogP contribution in [-0.4, -0.2) is 35.6 Å². The van der Waals surface area contributed by atoms with Gasteiger partial charge in [0.15, 0.2) is 11.6 Å². The van der Waals surface area contributed by atoms with Crippen LogP contribution in [0.3, 0.4) is 0 Å². The van der Waals surface area contributed by atoms with E-state index in [0.717, 1.165) is 19.6 Å². The van der Waals surface area contributed by atoms with Gasteiger partial charge in [0.25, 0.3) is 0 Å². The molecule has 1 saturated heterocycles. The van der Waals surface area contributed by atoms with Gasteiger partial charge in [0.1, 0.15) is 0 Å². The molecule has 0 spiro atoms. The highest BCUT2D eigenvalue weighted by Crippen LogP contribution is 2.17. The highest BCUT2D eigenvalue weighted by Gasteiger charge is 2.15. The van der Waals surface area contributed by atoms with Gasteiger partial charge in [-0.25, -0.2) is 9.37 Å². The molecule has 1 fully saturated rings. The second kappa shape index (κ2) is 5.78. The first kappa shape index (κ1) is 12.8. The number of hydrogen-bond donors (Lipinski definition) is 1. The molecule has 1 N–H and O–H groups in total. The maximum Gasteiger partial charge on any atom is 0.166 e. The van der Waals surface area contributed by atoms with E-state index in [0.29, 0.717) is 10.3 Å². The maximum atomic E-state index is 13.6. The first-order valence-electron chi connectivity index (χ1n) is 5.95. The Labute approximate surface area is 110 Å². The van der Waals surface area contributed by atoms with E-state index in [1.54, 1.807) is 6.20 Å². The summed E-state index contributed by atoms with van der Waals surface area (Å²) in [5, 5.41) is 3.12. The first-order chi connectivity index (χ1) is 8.15. The molecule has 1 aromatic heterocycles. The van der Waals surface area contributed by atoms with Crippen molar-refractivity contribution >= 4 is 21.7 Å². The lowest BCUT2D eigenvalue weighted by Gasteiger charge is -2.21. The monoisotopic (exact) mass is 301 g/mol. The summed E-state index contributed by atoms with van der Waals surface area (Å²) in [5.41, 5.74) is 0. The summed E-state index contributed by atoms with van der Waals surface area (Å²) >= 11 is 3.19. The minimum Gasteiger partial charge on any atom is -0.364 e. The van der Waals surface area contributed by atoms with Crippen molar-refractivity contribution in [3.8, 4) is 0 Å². The van der Waals surface area contributed by atoms with Gasteiger partial charge in [-0.1, -0.05) is 0 Å². The number of halogens is 2. The predicted molar refractivity (Wildman–Crippen MR) is 70.7 cm³/mol. The Hall–Kier alpha value is -0.680. The number of aromatic nitrogens is 1. The Morgan fingerprint density at radius 2 is 2.24 bits per heavy atom. The third kappa shape index (κ3) is 3.64. The zero-order chi connectivity index (χ0) is 12.3. The van der Waals surface area contributed by atoms with E-state index < -0.39 is 0 Å². The summed E-state index contributed by atoms with van der Waals surface area (Å²) in [7, 11) is 0. The molecule has 0 amide bonds. The molecule has 0 aliphatic carbocycles. The average Bonchev–Trinajstić information content (AvgIpc) is 2.75. The molecule has 1 atom stereocenters. The Kier molecular flexibility index (Phi) is 4.34. The van der Waals surface area contributed by atoms with Crippen LogP contribution in [0, 0.1) is 5.82 Å². The van der Waals surface area contributed by atoms with Gasteiger partial charge in [0.2, 0.25) is 0 Å². The quantitative estimate of drug-likeness (QED) is 0.927. The Morgan fingerprint density at radius 3 is 2.88 bits per heavy atom. The number of pyridine rings is 1. The molecule has 0 bridgehead atoms. The molecule has 2 heterocycles. The lowest BCUT2D eigenvalue weighted by Crippen LogP contribution is -2.33. The van der Waals surface area contributed by atoms with Gasteiger partial charge in [-0.05, 0) is 54.9 Å². The summed E-state index contributed by atoms with van der Waals surface area (Å²) in [4.78, 5) is 6.44. The van der Waals surface area contributed by atoms with E-state index in [9.17, 15) is 4.39 Å². The molecule has 3 nitrogen and oxygen atoms in total. The van der Waals surface area contributed by atoms with Gasteiger partial charge in [-0.3, -0.25) is 0 Å². The second-order valence-corrected chi connectivity index (χ2v) is 5.45. The molecule has 1 unspecified atom stereocenters. The zero-order valence-corrected chi connectivity index (χ0v) is 11.5. The second-order valence-electron chi connectivity index (χ2n) is 4.54. The highest BCUT2D eigenvalue weighted by atomic mass is 79.9. The Morgan fingerprint density at radius 1 is 1.53 bits per heavy atom. The van der Waals surface area contributed by atoms with Crippen molar-refractivity contribution in [2.24, 2.45) is 0 Å². The largest absolute Gasteiger partial charge is 0.364 e. The minimum absolute atomic E-state index is 0.205. The van der Waals surface area contributed by atoms with Crippen molar-refractivity contribution in [3.63, 3.8) is 0 Å². The SMILES string of the molecule is CC(CN1CCCC1)Nc1ncc(Br)cc1F. The number of rotatable bonds is 4. The summed E-state index contributed by atoms with van der Waals surface area (Å²) in [6, 6.07) is 1.63. The smallest absolute Gasteiger partial charge is 0.166 e. The zero-order valence-electron chi connectivity index (χ0n) is 9.92. The fourth-order valence-corrected chi connectivity index (χ4v) is 2.46. The summed E-state index contributed by atoms with van der Waals surface area (Å²) in [6.07, 6.45) is 4.16. The van der Waals surface area contributed by atoms with Gasteiger partial charge in [0.05, 0.1) is 0 Å². The van der Waals surface area contributed by atoms with E-state index in [4.69, 9.17) is 0 Å². The topological polar surface area (TPSA) is 28.2 Å². The summed E-state index contributed by atoms with van der Waals surface area (Å²) in [6.45, 7) is 5.31. The fraction of sp³-hybridized carbons (Fsp3) is 0.583. The van der Waals surface area contributed by atoms with E-state index in [-0.39, 0.29) is 11.9 Å². The van der Waals surface area contributed by atoms with Crippen LogP contribution < -0.4 is 5.32 Å². The maximum absolute atomic E-state index is 13.6. The lowest BCUT2D eigenvalue weighted by atomic mass is 10.3. The fourth-order valence-electron chi connectivity index (χ4n) is 2.15. The molecule has 94 valence electrons. The standard InChI is InChI=1S/C12H17BrFN3/c1-9(8-17-4-2-3-5-17)16-12-11(14)6-10(13)7-15-12/h6-7,9H,2-5,8H2,1H3,(H,15,16). The average molecular weight is 302 g/mol. The molecule has 0 saturated carbocycles. The molecule has 1 aromatic rings. The number of anilines is 1. The summed E-state index contributed by atoms with van der Waals surface area (Å²) < 4.78 is 14.2. The molecule has 17 heavy (non-hydrogen) atoms. The van der Waals surface area contributed by atoms with E-state index in [1.807, 2.05) is 0 Å². The molecule has 2 rings (SSSR count). The van der Waals surface area contributed by atoms with Crippen LogP contribution >= 0.6 is 15.9 Å². The first-order valence-corrected chi connectivity index (χ1v) is 6.74. The van der Waals surface area contributed by atoms with Crippen molar-refractivity contribution in [1.82, 2.24) is 9.88 Å². The third-order valence-electron chi connectivity index (χ3n) is 2.92. The minimum atomic E-state index is -0.312. The molecule has 1 aliphatic heterocycles. The van der Waals surface area contributed by atoms with Crippen LogP contribution in [0.2, 0.25) is 0 Å². The highest BCUT2D eigenvalue weighted by molar-refractivity contribution is 9.10. The molecule has 5 heteroatoms. The van der Waals surface area contributed by atoms with Gasteiger partial charge in [-0.2, -0.15) is 0 Å². The van der Waals surface area contributed by atoms with E-state index in [1.165, 1.54) is 18.9 Å². The molecular formula is C12H17BrFN3. The van der Waals surface area contributed by atoms with Gasteiger partial charge in [-0.15, -0.1) is 0 Å². The van der Waals surface area contributed by atoms with E-state index >= 15 is 0 Å². The van der Waals surface area contributed by atoms with Gasteiger partial charge < -0.3 is 10.2 Å². The van der Waals surface area contributed by atoms with E-state index in [2.05, 4.69) is 38.1 Å². The lowest BCUT2D eigenvalue weighted by molar-refractivity contribution is 0.327. The molecule has 0 radical (unpaired) electrons. The van der Waals surface area contributed by atoms with Crippen molar-refractivity contribution < 1.29 is 4.39 Å². The van der Waals surface area contributed by atoms with Gasteiger partial charge in [0, 0.05) is 23.3 Å². The van der Waals surface area contributed by atoms with Crippen LogP contribution in [0.5, 0.6) is 0 Å². The Bertz CT molecular complexity index is 380. The van der Waals surface area contributed by atoms with Crippen LogP contribution in [0.4, 0.5) is 10.2 Å².